The molecular weight excluding hydrogens is 400 g/mol. The molecule has 0 aromatic heterocycles. The van der Waals surface area contributed by atoms with E-state index in [9.17, 15) is 9.59 Å². The molecule has 0 spiro atoms. The Morgan fingerprint density at radius 3 is 2.19 bits per heavy atom. The topological polar surface area (TPSA) is 49.9 Å². The molecule has 166 valence electrons. The van der Waals surface area contributed by atoms with Crippen LogP contribution in [-0.4, -0.2) is 54.0 Å². The molecule has 0 radical (unpaired) electrons. The molecule has 5 nitrogen and oxygen atoms in total. The van der Waals surface area contributed by atoms with Crippen LogP contribution >= 0.6 is 0 Å². The lowest BCUT2D eigenvalue weighted by Crippen LogP contribution is -2.41. The van der Waals surface area contributed by atoms with E-state index in [0.717, 1.165) is 50.8 Å². The second-order valence-corrected chi connectivity index (χ2v) is 9.07. The van der Waals surface area contributed by atoms with Crippen LogP contribution in [0.3, 0.4) is 0 Å². The molecule has 2 saturated heterocycles. The van der Waals surface area contributed by atoms with Gasteiger partial charge in [0.1, 0.15) is 5.70 Å². The smallest absolute Gasteiger partial charge is 0.277 e. The van der Waals surface area contributed by atoms with E-state index in [0.29, 0.717) is 30.3 Å². The van der Waals surface area contributed by atoms with Gasteiger partial charge in [-0.05, 0) is 49.1 Å². The number of rotatable bonds is 6. The largest absolute Gasteiger partial charge is 0.376 e. The summed E-state index contributed by atoms with van der Waals surface area (Å²) >= 11 is 0. The van der Waals surface area contributed by atoms with E-state index >= 15 is 0 Å². The maximum Gasteiger partial charge on any atom is 0.277 e. The average Bonchev–Trinajstić information content (AvgIpc) is 3.43. The Kier molecular flexibility index (Phi) is 6.08. The molecule has 2 fully saturated rings. The highest BCUT2D eigenvalue weighted by molar-refractivity contribution is 6.35. The average molecular weight is 431 g/mol. The molecule has 2 amide bonds. The van der Waals surface area contributed by atoms with Gasteiger partial charge in [0.05, 0.1) is 18.2 Å². The van der Waals surface area contributed by atoms with Crippen LogP contribution in [0.5, 0.6) is 0 Å². The molecule has 2 aromatic carbocycles. The van der Waals surface area contributed by atoms with Crippen LogP contribution in [0.15, 0.2) is 66.4 Å². The molecule has 5 rings (SSSR count). The van der Waals surface area contributed by atoms with E-state index in [2.05, 4.69) is 35.2 Å². The van der Waals surface area contributed by atoms with Gasteiger partial charge in [-0.2, -0.15) is 0 Å². The maximum absolute atomic E-state index is 13.5. The van der Waals surface area contributed by atoms with Crippen LogP contribution in [0.4, 0.5) is 0 Å². The van der Waals surface area contributed by atoms with Crippen LogP contribution in [-0.2, 0) is 20.7 Å². The molecule has 0 aliphatic carbocycles. The Morgan fingerprint density at radius 1 is 0.844 bits per heavy atom. The van der Waals surface area contributed by atoms with Crippen molar-refractivity contribution in [2.75, 3.05) is 26.2 Å². The predicted molar refractivity (Wildman–Crippen MR) is 123 cm³/mol. The van der Waals surface area contributed by atoms with Gasteiger partial charge < -0.3 is 9.64 Å². The van der Waals surface area contributed by atoms with Crippen LogP contribution in [0.2, 0.25) is 0 Å². The molecule has 3 aliphatic rings. The molecule has 32 heavy (non-hydrogen) atoms. The second-order valence-electron chi connectivity index (χ2n) is 9.07. The number of hydrogen-bond acceptors (Lipinski definition) is 4. The first kappa shape index (κ1) is 21.0. The Balaban J connectivity index is 1.36. The lowest BCUT2D eigenvalue weighted by Gasteiger charge is -2.34. The molecule has 5 heteroatoms. The first-order valence-electron chi connectivity index (χ1n) is 11.8. The fourth-order valence-electron chi connectivity index (χ4n) is 5.19. The minimum Gasteiger partial charge on any atom is -0.376 e. The van der Waals surface area contributed by atoms with Gasteiger partial charge >= 0.3 is 0 Å². The Bertz CT molecular complexity index is 988. The van der Waals surface area contributed by atoms with Crippen LogP contribution in [0, 0.1) is 5.92 Å². The highest BCUT2D eigenvalue weighted by Crippen LogP contribution is 2.35. The summed E-state index contributed by atoms with van der Waals surface area (Å²) in [4.78, 5) is 30.5. The van der Waals surface area contributed by atoms with E-state index < -0.39 is 0 Å². The molecule has 1 unspecified atom stereocenters. The first-order chi connectivity index (χ1) is 15.7. The van der Waals surface area contributed by atoms with E-state index in [-0.39, 0.29) is 17.9 Å². The summed E-state index contributed by atoms with van der Waals surface area (Å²) in [6.07, 6.45) is 4.95. The number of imide groups is 1. The third kappa shape index (κ3) is 4.22. The van der Waals surface area contributed by atoms with Gasteiger partial charge in [0.25, 0.3) is 11.8 Å². The van der Waals surface area contributed by atoms with Gasteiger partial charge in [0.2, 0.25) is 0 Å². The standard InChI is InChI=1S/C27H30N2O3/c30-26-24(22-10-5-2-6-11-22)25(27(31)29(26)19-23-12-7-17-32-23)28-15-13-21(14-16-28)18-20-8-3-1-4-9-20/h1-6,8-11,21,23H,7,12-19H2. The van der Waals surface area contributed by atoms with Crippen molar-refractivity contribution in [2.45, 2.75) is 38.2 Å². The quantitative estimate of drug-likeness (QED) is 0.653. The maximum atomic E-state index is 13.5. The van der Waals surface area contributed by atoms with E-state index in [1.807, 2.05) is 30.3 Å². The van der Waals surface area contributed by atoms with Crippen LogP contribution in [0.1, 0.15) is 36.8 Å². The second kappa shape index (κ2) is 9.29. The zero-order valence-electron chi connectivity index (χ0n) is 18.4. The van der Waals surface area contributed by atoms with Gasteiger partial charge in [0, 0.05) is 19.7 Å². The number of piperidine rings is 1. The molecule has 0 bridgehead atoms. The van der Waals surface area contributed by atoms with Gasteiger partial charge in [0.15, 0.2) is 0 Å². The van der Waals surface area contributed by atoms with Gasteiger partial charge in [-0.25, -0.2) is 0 Å². The summed E-state index contributed by atoms with van der Waals surface area (Å²) in [7, 11) is 0. The van der Waals surface area contributed by atoms with Crippen LogP contribution < -0.4 is 0 Å². The van der Waals surface area contributed by atoms with E-state index in [1.165, 1.54) is 10.5 Å². The lowest BCUT2D eigenvalue weighted by molar-refractivity contribution is -0.139. The number of hydrogen-bond donors (Lipinski definition) is 0. The normalized spacial score (nSPS) is 22.3. The number of carbonyl (C=O) groups excluding carboxylic acids is 2. The number of nitrogens with zero attached hydrogens (tertiary/aromatic N) is 2. The Morgan fingerprint density at radius 2 is 1.53 bits per heavy atom. The van der Waals surface area contributed by atoms with Crippen molar-refractivity contribution in [3.8, 4) is 0 Å². The summed E-state index contributed by atoms with van der Waals surface area (Å²) in [6, 6.07) is 20.2. The first-order valence-corrected chi connectivity index (χ1v) is 11.8. The van der Waals surface area contributed by atoms with E-state index in [1.54, 1.807) is 0 Å². The lowest BCUT2D eigenvalue weighted by atomic mass is 9.89. The van der Waals surface area contributed by atoms with Crippen molar-refractivity contribution >= 4 is 17.4 Å². The van der Waals surface area contributed by atoms with Gasteiger partial charge in [-0.3, -0.25) is 14.5 Å². The Hall–Kier alpha value is -2.92. The minimum atomic E-state index is -0.182. The number of carbonyl (C=O) groups is 2. The number of ether oxygens (including phenoxy) is 1. The highest BCUT2D eigenvalue weighted by atomic mass is 16.5. The summed E-state index contributed by atoms with van der Waals surface area (Å²) in [5.74, 6) is 0.258. The zero-order chi connectivity index (χ0) is 21.9. The Labute approximate surface area is 189 Å². The highest BCUT2D eigenvalue weighted by Gasteiger charge is 2.43. The number of amides is 2. The molecular formula is C27H30N2O3. The summed E-state index contributed by atoms with van der Waals surface area (Å²) < 4.78 is 5.73. The number of benzene rings is 2. The van der Waals surface area contributed by atoms with Crippen molar-refractivity contribution < 1.29 is 14.3 Å². The minimum absolute atomic E-state index is 0.0455. The molecule has 3 heterocycles. The molecule has 1 atom stereocenters. The van der Waals surface area contributed by atoms with Gasteiger partial charge in [-0.15, -0.1) is 0 Å². The van der Waals surface area contributed by atoms with Crippen molar-refractivity contribution in [1.82, 2.24) is 9.80 Å². The third-order valence-corrected chi connectivity index (χ3v) is 6.91. The fraction of sp³-hybridized carbons (Fsp3) is 0.407. The predicted octanol–water partition coefficient (Wildman–Crippen LogP) is 3.90. The fourth-order valence-corrected chi connectivity index (χ4v) is 5.19. The monoisotopic (exact) mass is 430 g/mol. The van der Waals surface area contributed by atoms with E-state index in [4.69, 9.17) is 4.74 Å². The summed E-state index contributed by atoms with van der Waals surface area (Å²) in [5, 5.41) is 0. The molecule has 3 aliphatic heterocycles. The van der Waals surface area contributed by atoms with Crippen molar-refractivity contribution in [3.05, 3.63) is 77.5 Å². The van der Waals surface area contributed by atoms with Crippen LogP contribution in [0.25, 0.3) is 5.57 Å². The molecule has 0 saturated carbocycles. The summed E-state index contributed by atoms with van der Waals surface area (Å²) in [6.45, 7) is 2.66. The zero-order valence-corrected chi connectivity index (χ0v) is 18.4. The SMILES string of the molecule is O=C1C(c2ccccc2)=C(N2CCC(Cc3ccccc3)CC2)C(=O)N1CC1CCCO1. The number of likely N-dealkylation sites (tertiary alicyclic amines) is 1. The third-order valence-electron chi connectivity index (χ3n) is 6.91. The van der Waals surface area contributed by atoms with Crippen molar-refractivity contribution in [1.29, 1.82) is 0 Å². The van der Waals surface area contributed by atoms with Crippen molar-refractivity contribution in [3.63, 3.8) is 0 Å². The summed E-state index contributed by atoms with van der Waals surface area (Å²) in [5.41, 5.74) is 3.32. The molecule has 0 N–H and O–H groups in total. The van der Waals surface area contributed by atoms with Crippen molar-refractivity contribution in [2.24, 2.45) is 5.92 Å². The van der Waals surface area contributed by atoms with Gasteiger partial charge in [-0.1, -0.05) is 60.7 Å². The molecule has 2 aromatic rings.